The number of nitrogens with one attached hydrogen (secondary N) is 1. The number of hydrogen-bond acceptors (Lipinski definition) is 5. The number of carbonyl (C=O) groups is 2. The molecule has 178 valence electrons. The van der Waals surface area contributed by atoms with Crippen molar-refractivity contribution in [3.05, 3.63) is 98.5 Å². The smallest absolute Gasteiger partial charge is 0.271 e. The van der Waals surface area contributed by atoms with Crippen LogP contribution in [0.5, 0.6) is 5.75 Å². The lowest BCUT2D eigenvalue weighted by atomic mass is 9.82. The Hall–Kier alpha value is -3.32. The van der Waals surface area contributed by atoms with Gasteiger partial charge in [0.1, 0.15) is 5.75 Å². The van der Waals surface area contributed by atoms with Gasteiger partial charge in [-0.1, -0.05) is 67.4 Å². The zero-order valence-electron chi connectivity index (χ0n) is 18.9. The lowest BCUT2D eigenvalue weighted by molar-refractivity contribution is -0.174. The van der Waals surface area contributed by atoms with Crippen LogP contribution in [0, 0.1) is 0 Å². The van der Waals surface area contributed by atoms with Gasteiger partial charge in [0.05, 0.1) is 15.6 Å². The molecule has 0 spiro atoms. The summed E-state index contributed by atoms with van der Waals surface area (Å²) >= 11 is 12.0. The number of anilines is 1. The highest BCUT2D eigenvalue weighted by molar-refractivity contribution is 6.42. The number of benzene rings is 3. The molecule has 2 unspecified atom stereocenters. The molecule has 0 fully saturated rings. The van der Waals surface area contributed by atoms with Gasteiger partial charge in [-0.15, -0.1) is 0 Å². The molecule has 0 saturated carbocycles. The molecule has 3 aromatic carbocycles. The maximum Gasteiger partial charge on any atom is 0.271 e. The highest BCUT2D eigenvalue weighted by Gasteiger charge is 2.72. The number of nitrogen functional groups attached to an aromatic ring is 1. The van der Waals surface area contributed by atoms with Gasteiger partial charge < -0.3 is 20.9 Å². The van der Waals surface area contributed by atoms with Crippen LogP contribution in [0.3, 0.4) is 0 Å². The van der Waals surface area contributed by atoms with Crippen molar-refractivity contribution < 1.29 is 19.4 Å². The Morgan fingerprint density at radius 3 is 2.57 bits per heavy atom. The maximum atomic E-state index is 13.9. The Morgan fingerprint density at radius 2 is 1.86 bits per heavy atom. The van der Waals surface area contributed by atoms with Crippen molar-refractivity contribution in [1.29, 1.82) is 0 Å². The Kier molecular flexibility index (Phi) is 5.44. The van der Waals surface area contributed by atoms with Crippen molar-refractivity contribution in [2.24, 2.45) is 0 Å². The minimum Gasteiger partial charge on any atom is -0.454 e. The third-order valence-electron chi connectivity index (χ3n) is 6.55. The molecule has 2 atom stereocenters. The molecule has 4 N–H and O–H groups in total. The van der Waals surface area contributed by atoms with Crippen LogP contribution in [0.15, 0.2) is 60.7 Å². The largest absolute Gasteiger partial charge is 0.454 e. The molecule has 0 radical (unpaired) electrons. The van der Waals surface area contributed by atoms with Gasteiger partial charge in [0.2, 0.25) is 17.2 Å². The Balaban J connectivity index is 1.61. The van der Waals surface area contributed by atoms with E-state index in [0.717, 1.165) is 5.56 Å². The fourth-order valence-corrected chi connectivity index (χ4v) is 5.07. The van der Waals surface area contributed by atoms with Crippen LogP contribution >= 0.6 is 23.2 Å². The van der Waals surface area contributed by atoms with Gasteiger partial charge in [-0.3, -0.25) is 9.59 Å². The summed E-state index contributed by atoms with van der Waals surface area (Å²) < 4.78 is 6.07. The fraction of sp³-hybridized carbons (Fsp3) is 0.185. The minimum atomic E-state index is -2.17. The topological polar surface area (TPSA) is 102 Å². The molecule has 1 aliphatic carbocycles. The summed E-state index contributed by atoms with van der Waals surface area (Å²) in [5.74, 6) is -2.80. The summed E-state index contributed by atoms with van der Waals surface area (Å²) in [5.41, 5.74) is 6.71. The summed E-state index contributed by atoms with van der Waals surface area (Å²) in [5, 5.41) is 15.4. The molecule has 6 nitrogen and oxygen atoms in total. The quantitative estimate of drug-likeness (QED) is 0.333. The molecule has 0 saturated heterocycles. The van der Waals surface area contributed by atoms with E-state index in [4.69, 9.17) is 33.7 Å². The number of rotatable bonds is 4. The van der Waals surface area contributed by atoms with E-state index in [1.165, 1.54) is 12.2 Å². The molecular formula is C27H22Cl2N2O4. The summed E-state index contributed by atoms with van der Waals surface area (Å²) in [6.07, 6.45) is 2.79. The van der Waals surface area contributed by atoms with Gasteiger partial charge in [0, 0.05) is 22.9 Å². The number of amides is 1. The van der Waals surface area contributed by atoms with Gasteiger partial charge in [-0.05, 0) is 47.4 Å². The number of Topliss-reactive ketones (excluding diaryl/α,β-unsaturated/α-hetero) is 1. The van der Waals surface area contributed by atoms with E-state index in [0.29, 0.717) is 26.9 Å². The average molecular weight is 509 g/mol. The third kappa shape index (κ3) is 3.36. The molecule has 8 heteroatoms. The second-order valence-electron chi connectivity index (χ2n) is 9.00. The zero-order valence-corrected chi connectivity index (χ0v) is 20.4. The van der Waals surface area contributed by atoms with Gasteiger partial charge in [0.15, 0.2) is 0 Å². The minimum absolute atomic E-state index is 0.127. The first kappa shape index (κ1) is 23.4. The number of ketones is 1. The van der Waals surface area contributed by atoms with Gasteiger partial charge in [0.25, 0.3) is 5.79 Å². The van der Waals surface area contributed by atoms with E-state index >= 15 is 0 Å². The highest BCUT2D eigenvalue weighted by atomic mass is 35.5. The van der Waals surface area contributed by atoms with Crippen LogP contribution in [-0.4, -0.2) is 16.8 Å². The number of aliphatic hydroxyl groups is 1. The maximum absolute atomic E-state index is 13.9. The van der Waals surface area contributed by atoms with Crippen molar-refractivity contribution in [2.75, 3.05) is 5.73 Å². The van der Waals surface area contributed by atoms with Crippen LogP contribution in [0.2, 0.25) is 10.0 Å². The molecular weight excluding hydrogens is 487 g/mol. The molecule has 1 amide bonds. The number of hydrogen-bond donors (Lipinski definition) is 3. The van der Waals surface area contributed by atoms with Crippen LogP contribution in [0.25, 0.3) is 6.08 Å². The molecule has 0 aromatic heterocycles. The van der Waals surface area contributed by atoms with Crippen LogP contribution in [0.4, 0.5) is 5.69 Å². The molecule has 1 heterocycles. The second kappa shape index (κ2) is 8.12. The summed E-state index contributed by atoms with van der Waals surface area (Å²) in [6, 6.07) is 15.1. The van der Waals surface area contributed by atoms with E-state index in [2.05, 4.69) is 5.32 Å². The molecule has 3 aromatic rings. The predicted octanol–water partition coefficient (Wildman–Crippen LogP) is 5.16. The van der Waals surface area contributed by atoms with Gasteiger partial charge in [-0.25, -0.2) is 0 Å². The molecule has 5 rings (SSSR count). The normalized spacial score (nSPS) is 22.2. The number of fused-ring (bicyclic) bond motifs is 5. The molecule has 1 aliphatic heterocycles. The monoisotopic (exact) mass is 508 g/mol. The summed E-state index contributed by atoms with van der Waals surface area (Å²) in [6.45, 7) is 4.05. The summed E-state index contributed by atoms with van der Waals surface area (Å²) in [4.78, 5) is 27.1. The van der Waals surface area contributed by atoms with E-state index in [-0.39, 0.29) is 22.7 Å². The van der Waals surface area contributed by atoms with Gasteiger partial charge >= 0.3 is 0 Å². The van der Waals surface area contributed by atoms with E-state index < -0.39 is 23.0 Å². The van der Waals surface area contributed by atoms with Crippen molar-refractivity contribution >= 4 is 46.7 Å². The number of carbonyl (C=O) groups excluding carboxylic acids is 2. The van der Waals surface area contributed by atoms with Crippen molar-refractivity contribution in [1.82, 2.24) is 5.32 Å². The van der Waals surface area contributed by atoms with E-state index in [9.17, 15) is 14.7 Å². The van der Waals surface area contributed by atoms with E-state index in [1.807, 2.05) is 19.9 Å². The standard InChI is InChI=1S/C27H22Cl2N2O4/c1-14(2)16-8-9-17-22(13-16)35-27(34)18-4-3-5-21(30)24(18)25(33)26(17,27)31-23(32)11-7-15-6-10-19(28)20(29)12-15/h3-14,34H,30H2,1-2H3,(H,31,32). The fourth-order valence-electron chi connectivity index (χ4n) is 4.76. The molecule has 35 heavy (non-hydrogen) atoms. The molecule has 0 bridgehead atoms. The predicted molar refractivity (Wildman–Crippen MR) is 136 cm³/mol. The van der Waals surface area contributed by atoms with Crippen LogP contribution < -0.4 is 15.8 Å². The summed E-state index contributed by atoms with van der Waals surface area (Å²) in [7, 11) is 0. The zero-order chi connectivity index (χ0) is 25.1. The highest BCUT2D eigenvalue weighted by Crippen LogP contribution is 2.59. The molecule has 2 aliphatic rings. The van der Waals surface area contributed by atoms with Gasteiger partial charge in [-0.2, -0.15) is 0 Å². The first-order valence-corrected chi connectivity index (χ1v) is 11.8. The lowest BCUT2D eigenvalue weighted by Gasteiger charge is -2.34. The van der Waals surface area contributed by atoms with Crippen molar-refractivity contribution in [3.8, 4) is 5.75 Å². The Bertz CT molecular complexity index is 1430. The lowest BCUT2D eigenvalue weighted by Crippen LogP contribution is -2.59. The number of nitrogens with two attached hydrogens (primary N) is 1. The number of ether oxygens (including phenoxy) is 1. The van der Waals surface area contributed by atoms with Crippen molar-refractivity contribution in [2.45, 2.75) is 31.1 Å². The number of halogens is 2. The SMILES string of the molecule is CC(C)c1ccc2c(c1)OC1(O)c3cccc(N)c3C(=O)C21NC(=O)C=Cc1ccc(Cl)c(Cl)c1. The Labute approximate surface area is 212 Å². The first-order valence-electron chi connectivity index (χ1n) is 11.0. The second-order valence-corrected chi connectivity index (χ2v) is 9.82. The van der Waals surface area contributed by atoms with Crippen LogP contribution in [-0.2, 0) is 16.1 Å². The average Bonchev–Trinajstić information content (AvgIpc) is 3.17. The van der Waals surface area contributed by atoms with Crippen LogP contribution in [0.1, 0.15) is 52.4 Å². The van der Waals surface area contributed by atoms with Crippen molar-refractivity contribution in [3.63, 3.8) is 0 Å². The third-order valence-corrected chi connectivity index (χ3v) is 7.29. The Morgan fingerprint density at radius 1 is 1.09 bits per heavy atom. The first-order chi connectivity index (χ1) is 16.6. The van der Waals surface area contributed by atoms with E-state index in [1.54, 1.807) is 48.5 Å².